The highest BCUT2D eigenvalue weighted by molar-refractivity contribution is 7.91. The van der Waals surface area contributed by atoms with Crippen molar-refractivity contribution in [2.75, 3.05) is 43.6 Å². The summed E-state index contributed by atoms with van der Waals surface area (Å²) in [6.45, 7) is 6.10. The Morgan fingerprint density at radius 3 is 2.33 bits per heavy atom. The maximum atomic E-state index is 13.5. The lowest BCUT2D eigenvalue weighted by molar-refractivity contribution is -0.135. The molecule has 4 aromatic rings. The maximum absolute atomic E-state index is 13.5. The summed E-state index contributed by atoms with van der Waals surface area (Å²) in [7, 11) is -1.63. The standard InChI is InChI=1S/C38H44N6O6S/c1-25(2)34(42-38(47)50-3)37(46)44-17-5-8-33(44)35-39-23-32(41-35)28-13-11-27(12-14-28)29-6-4-7-30(22-29)36(45)40-31-15-9-26(10-16-31)24-43-18-20-51(48,49)21-19-43/h4,6-7,9-16,22-23,25,33-34H,5,8,17-21,24H2,1-3H3,(H,39,41)(H,40,45)(H,42,47)/t33-,34-/m0/s1. The van der Waals surface area contributed by atoms with Gasteiger partial charge >= 0.3 is 6.09 Å². The van der Waals surface area contributed by atoms with Gasteiger partial charge in [0.25, 0.3) is 5.91 Å². The number of hydrogen-bond donors (Lipinski definition) is 3. The molecule has 2 fully saturated rings. The summed E-state index contributed by atoms with van der Waals surface area (Å²) in [6, 6.07) is 22.2. The number of hydrogen-bond acceptors (Lipinski definition) is 8. The highest BCUT2D eigenvalue weighted by Crippen LogP contribution is 2.33. The second-order valence-corrected chi connectivity index (χ2v) is 15.8. The van der Waals surface area contributed by atoms with Crippen molar-refractivity contribution in [2.45, 2.75) is 45.3 Å². The number of ether oxygens (including phenoxy) is 1. The largest absolute Gasteiger partial charge is 0.453 e. The smallest absolute Gasteiger partial charge is 0.407 e. The summed E-state index contributed by atoms with van der Waals surface area (Å²) >= 11 is 0. The van der Waals surface area contributed by atoms with Gasteiger partial charge in [0.2, 0.25) is 5.91 Å². The fraction of sp³-hybridized carbons (Fsp3) is 0.368. The number of H-pyrrole nitrogens is 1. The van der Waals surface area contributed by atoms with E-state index in [0.29, 0.717) is 43.3 Å². The van der Waals surface area contributed by atoms with Crippen LogP contribution < -0.4 is 10.6 Å². The zero-order valence-corrected chi connectivity index (χ0v) is 29.9. The Morgan fingerprint density at radius 1 is 0.941 bits per heavy atom. The summed E-state index contributed by atoms with van der Waals surface area (Å²) < 4.78 is 28.2. The number of anilines is 1. The quantitative estimate of drug-likeness (QED) is 0.201. The monoisotopic (exact) mass is 712 g/mol. The number of aromatic amines is 1. The highest BCUT2D eigenvalue weighted by atomic mass is 32.2. The third kappa shape index (κ3) is 8.66. The lowest BCUT2D eigenvalue weighted by Gasteiger charge is -2.30. The van der Waals surface area contributed by atoms with Gasteiger partial charge in [0, 0.05) is 37.4 Å². The summed E-state index contributed by atoms with van der Waals surface area (Å²) in [5.74, 6) is 0.609. The number of nitrogens with one attached hydrogen (secondary N) is 3. The first-order chi connectivity index (χ1) is 24.5. The SMILES string of the molecule is COC(=O)N[C@H](C(=O)N1CCC[C@H]1c1ncc(-c2ccc(-c3cccc(C(=O)Nc4ccc(CN5CCS(=O)(=O)CC5)cc4)c3)cc2)[nH]1)C(C)C. The van der Waals surface area contributed by atoms with Gasteiger partial charge < -0.3 is 25.3 Å². The first-order valence-corrected chi connectivity index (χ1v) is 19.1. The van der Waals surface area contributed by atoms with Crippen LogP contribution in [0.1, 0.15) is 54.5 Å². The molecule has 268 valence electrons. The molecule has 12 nitrogen and oxygen atoms in total. The average Bonchev–Trinajstić information content (AvgIpc) is 3.83. The first-order valence-electron chi connectivity index (χ1n) is 17.2. The minimum Gasteiger partial charge on any atom is -0.453 e. The number of imidazole rings is 1. The Hall–Kier alpha value is -5.01. The second kappa shape index (κ2) is 15.5. The number of rotatable bonds is 10. The zero-order chi connectivity index (χ0) is 36.1. The van der Waals surface area contributed by atoms with Gasteiger partial charge in [0.15, 0.2) is 9.84 Å². The Balaban J connectivity index is 1.08. The Morgan fingerprint density at radius 2 is 1.65 bits per heavy atom. The number of carbonyl (C=O) groups is 3. The first kappa shape index (κ1) is 35.8. The Labute approximate surface area is 298 Å². The number of amides is 3. The van der Waals surface area contributed by atoms with Gasteiger partial charge in [0.1, 0.15) is 11.9 Å². The normalized spacial score (nSPS) is 18.0. The Bertz CT molecular complexity index is 1960. The van der Waals surface area contributed by atoms with Crippen LogP contribution in [-0.4, -0.2) is 90.4 Å². The van der Waals surface area contributed by atoms with Crippen LogP contribution in [0.3, 0.4) is 0 Å². The van der Waals surface area contributed by atoms with Gasteiger partial charge in [-0.25, -0.2) is 18.2 Å². The number of alkyl carbamates (subject to hydrolysis) is 1. The molecule has 0 bridgehead atoms. The fourth-order valence-electron chi connectivity index (χ4n) is 6.59. The molecule has 2 aliphatic heterocycles. The number of methoxy groups -OCH3 is 1. The van der Waals surface area contributed by atoms with E-state index < -0.39 is 22.0 Å². The van der Waals surface area contributed by atoms with Crippen molar-refractivity contribution in [1.29, 1.82) is 0 Å². The number of sulfone groups is 1. The van der Waals surface area contributed by atoms with Gasteiger partial charge in [-0.15, -0.1) is 0 Å². The molecule has 13 heteroatoms. The third-order valence-corrected chi connectivity index (χ3v) is 11.2. The van der Waals surface area contributed by atoms with Crippen LogP contribution in [0, 0.1) is 5.92 Å². The molecule has 1 aromatic heterocycles. The molecule has 0 unspecified atom stereocenters. The number of likely N-dealkylation sites (tertiary alicyclic amines) is 1. The predicted molar refractivity (Wildman–Crippen MR) is 196 cm³/mol. The third-order valence-electron chi connectivity index (χ3n) is 9.55. The second-order valence-electron chi connectivity index (χ2n) is 13.5. The van der Waals surface area contributed by atoms with Crippen LogP contribution in [0.5, 0.6) is 0 Å². The summed E-state index contributed by atoms with van der Waals surface area (Å²) in [5.41, 5.74) is 5.89. The van der Waals surface area contributed by atoms with E-state index in [1.54, 1.807) is 17.2 Å². The van der Waals surface area contributed by atoms with E-state index in [1.807, 2.05) is 80.6 Å². The predicted octanol–water partition coefficient (Wildman–Crippen LogP) is 5.27. The van der Waals surface area contributed by atoms with Gasteiger partial charge in [-0.1, -0.05) is 62.4 Å². The minimum absolute atomic E-state index is 0.112. The number of carbonyl (C=O) groups excluding carboxylic acids is 3. The van der Waals surface area contributed by atoms with E-state index in [4.69, 9.17) is 4.74 Å². The fourth-order valence-corrected chi connectivity index (χ4v) is 7.87. The van der Waals surface area contributed by atoms with Crippen LogP contribution in [0.4, 0.5) is 10.5 Å². The van der Waals surface area contributed by atoms with Crippen LogP contribution in [0.25, 0.3) is 22.4 Å². The van der Waals surface area contributed by atoms with Crippen molar-refractivity contribution in [3.8, 4) is 22.4 Å². The van der Waals surface area contributed by atoms with Gasteiger partial charge in [-0.3, -0.25) is 14.5 Å². The van der Waals surface area contributed by atoms with Gasteiger partial charge in [0.05, 0.1) is 36.5 Å². The highest BCUT2D eigenvalue weighted by Gasteiger charge is 2.37. The number of aromatic nitrogens is 2. The molecule has 3 N–H and O–H groups in total. The molecule has 51 heavy (non-hydrogen) atoms. The van der Waals surface area contributed by atoms with E-state index in [9.17, 15) is 22.8 Å². The van der Waals surface area contributed by atoms with E-state index >= 15 is 0 Å². The molecule has 2 aliphatic rings. The molecular weight excluding hydrogens is 669 g/mol. The molecule has 2 saturated heterocycles. The lowest BCUT2D eigenvalue weighted by Crippen LogP contribution is -2.51. The van der Waals surface area contributed by atoms with Crippen molar-refractivity contribution in [3.05, 3.63) is 95.9 Å². The summed E-state index contributed by atoms with van der Waals surface area (Å²) in [4.78, 5) is 50.5. The van der Waals surface area contributed by atoms with Crippen molar-refractivity contribution >= 4 is 33.4 Å². The molecule has 0 radical (unpaired) electrons. The van der Waals surface area contributed by atoms with E-state index in [2.05, 4.69) is 25.5 Å². The minimum atomic E-state index is -2.92. The summed E-state index contributed by atoms with van der Waals surface area (Å²) in [6.07, 6.45) is 2.75. The topological polar surface area (TPSA) is 154 Å². The lowest BCUT2D eigenvalue weighted by atomic mass is 10.0. The Kier molecular flexibility index (Phi) is 10.9. The van der Waals surface area contributed by atoms with Crippen LogP contribution in [-0.2, 0) is 25.9 Å². The summed E-state index contributed by atoms with van der Waals surface area (Å²) in [5, 5.41) is 5.66. The van der Waals surface area contributed by atoms with Crippen LogP contribution in [0.15, 0.2) is 79.0 Å². The number of benzene rings is 3. The van der Waals surface area contributed by atoms with E-state index in [1.165, 1.54) is 7.11 Å². The molecule has 3 aromatic carbocycles. The van der Waals surface area contributed by atoms with Crippen LogP contribution >= 0.6 is 0 Å². The molecule has 2 atom stereocenters. The van der Waals surface area contributed by atoms with Crippen molar-refractivity contribution in [3.63, 3.8) is 0 Å². The molecule has 0 spiro atoms. The van der Waals surface area contributed by atoms with E-state index in [0.717, 1.165) is 40.8 Å². The van der Waals surface area contributed by atoms with E-state index in [-0.39, 0.29) is 35.3 Å². The van der Waals surface area contributed by atoms with Gasteiger partial charge in [-0.2, -0.15) is 0 Å². The van der Waals surface area contributed by atoms with Crippen LogP contribution in [0.2, 0.25) is 0 Å². The molecule has 0 aliphatic carbocycles. The molecular formula is C38H44N6O6S. The van der Waals surface area contributed by atoms with Crippen molar-refractivity contribution in [2.24, 2.45) is 5.92 Å². The van der Waals surface area contributed by atoms with Gasteiger partial charge in [-0.05, 0) is 65.3 Å². The molecule has 3 heterocycles. The van der Waals surface area contributed by atoms with Crippen molar-refractivity contribution < 1.29 is 27.5 Å². The maximum Gasteiger partial charge on any atom is 0.407 e. The molecule has 6 rings (SSSR count). The molecule has 3 amide bonds. The average molecular weight is 713 g/mol. The molecule has 0 saturated carbocycles. The van der Waals surface area contributed by atoms with Crippen molar-refractivity contribution in [1.82, 2.24) is 25.1 Å². The number of nitrogens with zero attached hydrogens (tertiary/aromatic N) is 3. The zero-order valence-electron chi connectivity index (χ0n) is 29.1.